The molecule has 2 rings (SSSR count). The number of aldehydes is 1. The molecule has 1 aromatic carbocycles. The number of rotatable bonds is 7. The van der Waals surface area contributed by atoms with E-state index in [4.69, 9.17) is 4.74 Å². The molecule has 1 atom stereocenters. The number of hydrogen-bond donors (Lipinski definition) is 0. The molecule has 1 unspecified atom stereocenters. The van der Waals surface area contributed by atoms with Crippen LogP contribution >= 0.6 is 0 Å². The Morgan fingerprint density at radius 1 is 1.29 bits per heavy atom. The first-order valence-corrected chi connectivity index (χ1v) is 8.46. The minimum atomic E-state index is 0.486. The minimum absolute atomic E-state index is 0.486. The SMILES string of the molecule is CCC(C)c1ccc(OCCC2CCCCC2)c(C=O)c1. The zero-order valence-corrected chi connectivity index (χ0v) is 13.4. The fraction of sp³-hybridized carbons (Fsp3) is 0.632. The van der Waals surface area contributed by atoms with E-state index in [2.05, 4.69) is 19.9 Å². The van der Waals surface area contributed by atoms with Gasteiger partial charge in [-0.05, 0) is 42.4 Å². The van der Waals surface area contributed by atoms with Gasteiger partial charge in [0.1, 0.15) is 5.75 Å². The van der Waals surface area contributed by atoms with Crippen LogP contribution in [0.2, 0.25) is 0 Å². The van der Waals surface area contributed by atoms with Crippen molar-refractivity contribution in [1.29, 1.82) is 0 Å². The first kappa shape index (κ1) is 16.1. The zero-order valence-electron chi connectivity index (χ0n) is 13.4. The van der Waals surface area contributed by atoms with Crippen LogP contribution in [-0.2, 0) is 0 Å². The molecular formula is C19H28O2. The molecule has 1 fully saturated rings. The van der Waals surface area contributed by atoms with Crippen LogP contribution in [-0.4, -0.2) is 12.9 Å². The van der Waals surface area contributed by atoms with Crippen molar-refractivity contribution in [2.45, 2.75) is 64.7 Å². The zero-order chi connectivity index (χ0) is 15.1. The molecule has 0 bridgehead atoms. The maximum absolute atomic E-state index is 11.3. The topological polar surface area (TPSA) is 26.3 Å². The van der Waals surface area contributed by atoms with Crippen LogP contribution < -0.4 is 4.74 Å². The van der Waals surface area contributed by atoms with Crippen LogP contribution in [0, 0.1) is 5.92 Å². The molecule has 1 aliphatic rings. The lowest BCUT2D eigenvalue weighted by Crippen LogP contribution is -2.11. The summed E-state index contributed by atoms with van der Waals surface area (Å²) in [5.74, 6) is 2.05. The van der Waals surface area contributed by atoms with E-state index < -0.39 is 0 Å². The molecule has 1 aromatic rings. The Morgan fingerprint density at radius 3 is 2.71 bits per heavy atom. The Labute approximate surface area is 128 Å². The monoisotopic (exact) mass is 288 g/mol. The summed E-state index contributed by atoms with van der Waals surface area (Å²) in [6.45, 7) is 5.08. The van der Waals surface area contributed by atoms with Crippen molar-refractivity contribution in [2.24, 2.45) is 5.92 Å². The number of ether oxygens (including phenoxy) is 1. The van der Waals surface area contributed by atoms with Crippen LogP contribution in [0.4, 0.5) is 0 Å². The van der Waals surface area contributed by atoms with Crippen molar-refractivity contribution >= 4 is 6.29 Å². The van der Waals surface area contributed by atoms with Crippen molar-refractivity contribution in [3.63, 3.8) is 0 Å². The molecule has 1 saturated carbocycles. The highest BCUT2D eigenvalue weighted by Gasteiger charge is 2.14. The Balaban J connectivity index is 1.91. The van der Waals surface area contributed by atoms with Gasteiger partial charge in [0.05, 0.1) is 12.2 Å². The first-order valence-electron chi connectivity index (χ1n) is 8.46. The molecule has 116 valence electrons. The van der Waals surface area contributed by atoms with E-state index in [1.807, 2.05) is 12.1 Å². The van der Waals surface area contributed by atoms with Crippen LogP contribution in [0.1, 0.15) is 80.6 Å². The van der Waals surface area contributed by atoms with E-state index in [0.29, 0.717) is 11.5 Å². The summed E-state index contributed by atoms with van der Waals surface area (Å²) < 4.78 is 5.87. The molecule has 0 heterocycles. The second-order valence-corrected chi connectivity index (χ2v) is 6.37. The Kier molecular flexibility index (Phi) is 6.28. The second kappa shape index (κ2) is 8.21. The number of carbonyl (C=O) groups excluding carboxylic acids is 1. The van der Waals surface area contributed by atoms with E-state index in [0.717, 1.165) is 37.4 Å². The van der Waals surface area contributed by atoms with Gasteiger partial charge in [0.15, 0.2) is 6.29 Å². The largest absolute Gasteiger partial charge is 0.493 e. The molecule has 0 aliphatic heterocycles. The molecule has 0 saturated heterocycles. The highest BCUT2D eigenvalue weighted by Crippen LogP contribution is 2.28. The lowest BCUT2D eigenvalue weighted by Gasteiger charge is -2.21. The van der Waals surface area contributed by atoms with Crippen molar-refractivity contribution in [2.75, 3.05) is 6.61 Å². The molecule has 0 N–H and O–H groups in total. The standard InChI is InChI=1S/C19H28O2/c1-3-15(2)17-9-10-19(18(13-17)14-20)21-12-11-16-7-5-4-6-8-16/h9-10,13-16H,3-8,11-12H2,1-2H3. The summed E-state index contributed by atoms with van der Waals surface area (Å²) in [5, 5.41) is 0. The smallest absolute Gasteiger partial charge is 0.153 e. The maximum Gasteiger partial charge on any atom is 0.153 e. The minimum Gasteiger partial charge on any atom is -0.493 e. The average molecular weight is 288 g/mol. The lowest BCUT2D eigenvalue weighted by atomic mass is 9.87. The molecule has 21 heavy (non-hydrogen) atoms. The average Bonchev–Trinajstić information content (AvgIpc) is 2.55. The summed E-state index contributed by atoms with van der Waals surface area (Å²) in [7, 11) is 0. The number of hydrogen-bond acceptors (Lipinski definition) is 2. The Bertz CT molecular complexity index is 447. The predicted octanol–water partition coefficient (Wildman–Crippen LogP) is 5.36. The summed E-state index contributed by atoms with van der Waals surface area (Å²) in [6.07, 6.45) is 9.94. The summed E-state index contributed by atoms with van der Waals surface area (Å²) in [4.78, 5) is 11.3. The van der Waals surface area contributed by atoms with E-state index in [-0.39, 0.29) is 0 Å². The molecule has 1 aliphatic carbocycles. The summed E-state index contributed by atoms with van der Waals surface area (Å²) >= 11 is 0. The van der Waals surface area contributed by atoms with Gasteiger partial charge in [-0.3, -0.25) is 4.79 Å². The lowest BCUT2D eigenvalue weighted by molar-refractivity contribution is 0.111. The van der Waals surface area contributed by atoms with Gasteiger partial charge in [0.25, 0.3) is 0 Å². The first-order chi connectivity index (χ1) is 10.2. The predicted molar refractivity (Wildman–Crippen MR) is 87.2 cm³/mol. The quantitative estimate of drug-likeness (QED) is 0.631. The molecule has 0 amide bonds. The second-order valence-electron chi connectivity index (χ2n) is 6.37. The summed E-state index contributed by atoms with van der Waals surface area (Å²) in [5.41, 5.74) is 1.91. The van der Waals surface area contributed by atoms with Gasteiger partial charge in [-0.2, -0.15) is 0 Å². The normalized spacial score (nSPS) is 17.4. The summed E-state index contributed by atoms with van der Waals surface area (Å²) in [6, 6.07) is 6.04. The van der Waals surface area contributed by atoms with E-state index in [1.165, 1.54) is 37.7 Å². The van der Waals surface area contributed by atoms with E-state index in [9.17, 15) is 4.79 Å². The van der Waals surface area contributed by atoms with E-state index in [1.54, 1.807) is 0 Å². The number of benzene rings is 1. The van der Waals surface area contributed by atoms with Gasteiger partial charge < -0.3 is 4.74 Å². The highest BCUT2D eigenvalue weighted by molar-refractivity contribution is 5.79. The third-order valence-corrected chi connectivity index (χ3v) is 4.85. The molecule has 0 radical (unpaired) electrons. The van der Waals surface area contributed by atoms with Gasteiger partial charge in [-0.15, -0.1) is 0 Å². The van der Waals surface area contributed by atoms with Crippen molar-refractivity contribution in [1.82, 2.24) is 0 Å². The van der Waals surface area contributed by atoms with Crippen molar-refractivity contribution in [3.8, 4) is 5.75 Å². The molecule has 0 aromatic heterocycles. The van der Waals surface area contributed by atoms with Crippen molar-refractivity contribution < 1.29 is 9.53 Å². The van der Waals surface area contributed by atoms with Crippen molar-refractivity contribution in [3.05, 3.63) is 29.3 Å². The third kappa shape index (κ3) is 4.59. The molecule has 2 heteroatoms. The Morgan fingerprint density at radius 2 is 2.05 bits per heavy atom. The fourth-order valence-electron chi connectivity index (χ4n) is 3.14. The van der Waals surface area contributed by atoms with E-state index >= 15 is 0 Å². The van der Waals surface area contributed by atoms with Gasteiger partial charge >= 0.3 is 0 Å². The maximum atomic E-state index is 11.3. The van der Waals surface area contributed by atoms with Gasteiger partial charge in [-0.1, -0.05) is 52.0 Å². The Hall–Kier alpha value is -1.31. The molecule has 2 nitrogen and oxygen atoms in total. The van der Waals surface area contributed by atoms with Crippen LogP contribution in [0.3, 0.4) is 0 Å². The van der Waals surface area contributed by atoms with Crippen LogP contribution in [0.15, 0.2) is 18.2 Å². The molecular weight excluding hydrogens is 260 g/mol. The van der Waals surface area contributed by atoms with Gasteiger partial charge in [0, 0.05) is 0 Å². The van der Waals surface area contributed by atoms with Gasteiger partial charge in [0.2, 0.25) is 0 Å². The molecule has 0 spiro atoms. The van der Waals surface area contributed by atoms with Crippen LogP contribution in [0.25, 0.3) is 0 Å². The van der Waals surface area contributed by atoms with Gasteiger partial charge in [-0.25, -0.2) is 0 Å². The highest BCUT2D eigenvalue weighted by atomic mass is 16.5. The fourth-order valence-corrected chi connectivity index (χ4v) is 3.14. The number of carbonyl (C=O) groups is 1. The van der Waals surface area contributed by atoms with Crippen LogP contribution in [0.5, 0.6) is 5.75 Å². The third-order valence-electron chi connectivity index (χ3n) is 4.85.